The summed E-state index contributed by atoms with van der Waals surface area (Å²) >= 11 is 0. The van der Waals surface area contributed by atoms with Gasteiger partial charge in [-0.3, -0.25) is 9.58 Å². The molecule has 110 valence electrons. The summed E-state index contributed by atoms with van der Waals surface area (Å²) in [5.41, 5.74) is 1.21. The summed E-state index contributed by atoms with van der Waals surface area (Å²) in [5, 5.41) is 14.7. The van der Waals surface area contributed by atoms with Crippen molar-refractivity contribution in [3.8, 4) is 0 Å². The van der Waals surface area contributed by atoms with Gasteiger partial charge < -0.3 is 5.11 Å². The van der Waals surface area contributed by atoms with Gasteiger partial charge in [0.15, 0.2) is 0 Å². The van der Waals surface area contributed by atoms with Gasteiger partial charge in [0.1, 0.15) is 0 Å². The lowest BCUT2D eigenvalue weighted by molar-refractivity contribution is 0.0302. The Morgan fingerprint density at radius 3 is 2.45 bits per heavy atom. The minimum Gasteiger partial charge on any atom is -0.393 e. The number of rotatable bonds is 3. The molecular weight excluding hydrogens is 250 g/mol. The highest BCUT2D eigenvalue weighted by molar-refractivity contribution is 5.04. The Morgan fingerprint density at radius 1 is 1.05 bits per heavy atom. The second-order valence-electron chi connectivity index (χ2n) is 6.91. The van der Waals surface area contributed by atoms with Crippen LogP contribution in [-0.4, -0.2) is 38.0 Å². The molecule has 20 heavy (non-hydrogen) atoms. The molecule has 1 saturated carbocycles. The Labute approximate surface area is 120 Å². The van der Waals surface area contributed by atoms with Gasteiger partial charge in [-0.25, -0.2) is 0 Å². The van der Waals surface area contributed by atoms with Gasteiger partial charge in [0.05, 0.1) is 17.8 Å². The summed E-state index contributed by atoms with van der Waals surface area (Å²) in [4.78, 5) is 2.59. The maximum atomic E-state index is 9.88. The van der Waals surface area contributed by atoms with E-state index in [-0.39, 0.29) is 6.10 Å². The summed E-state index contributed by atoms with van der Waals surface area (Å²) in [6.07, 6.45) is 11.8. The molecule has 1 N–H and O–H groups in total. The number of fused-ring (bicyclic) bond motifs is 2. The first-order valence-corrected chi connectivity index (χ1v) is 8.27. The summed E-state index contributed by atoms with van der Waals surface area (Å²) in [6, 6.07) is 4.01. The molecular formula is C16H25N3O. The Hall–Kier alpha value is -0.870. The second-order valence-corrected chi connectivity index (χ2v) is 6.91. The molecule has 2 saturated heterocycles. The van der Waals surface area contributed by atoms with Gasteiger partial charge in [0.25, 0.3) is 0 Å². The van der Waals surface area contributed by atoms with Crippen LogP contribution in [0.5, 0.6) is 0 Å². The van der Waals surface area contributed by atoms with E-state index >= 15 is 0 Å². The zero-order chi connectivity index (χ0) is 13.5. The van der Waals surface area contributed by atoms with Crippen LogP contribution in [0.1, 0.15) is 63.1 Å². The largest absolute Gasteiger partial charge is 0.393 e. The molecule has 4 rings (SSSR count). The fourth-order valence-electron chi connectivity index (χ4n) is 4.52. The van der Waals surface area contributed by atoms with Gasteiger partial charge >= 0.3 is 0 Å². The van der Waals surface area contributed by atoms with E-state index in [1.165, 1.54) is 44.2 Å². The smallest absolute Gasteiger partial charge is 0.0765 e. The number of nitrogens with zero attached hydrogens (tertiary/aromatic N) is 3. The van der Waals surface area contributed by atoms with Crippen molar-refractivity contribution in [1.29, 1.82) is 0 Å². The van der Waals surface area contributed by atoms with E-state index in [9.17, 15) is 5.11 Å². The van der Waals surface area contributed by atoms with Gasteiger partial charge in [0, 0.05) is 24.8 Å². The standard InChI is InChI=1S/C16H25N3O/c20-16-9-14-5-6-15(10-16)18(14)11-12-7-8-19(17-12)13-3-1-2-4-13/h7-8,13-16,20H,1-6,9-11H2. The van der Waals surface area contributed by atoms with Crippen molar-refractivity contribution < 1.29 is 5.11 Å². The molecule has 0 radical (unpaired) electrons. The highest BCUT2D eigenvalue weighted by Gasteiger charge is 2.40. The normalized spacial score (nSPS) is 35.0. The first-order valence-electron chi connectivity index (χ1n) is 8.27. The molecule has 3 aliphatic rings. The molecule has 2 unspecified atom stereocenters. The van der Waals surface area contributed by atoms with Gasteiger partial charge in [-0.15, -0.1) is 0 Å². The van der Waals surface area contributed by atoms with E-state index in [1.54, 1.807) is 0 Å². The molecule has 0 amide bonds. The molecule has 2 bridgehead atoms. The maximum Gasteiger partial charge on any atom is 0.0765 e. The van der Waals surface area contributed by atoms with Crippen LogP contribution in [0, 0.1) is 0 Å². The molecule has 1 aliphatic carbocycles. The summed E-state index contributed by atoms with van der Waals surface area (Å²) in [6.45, 7) is 0.974. The number of hydrogen-bond acceptors (Lipinski definition) is 3. The third kappa shape index (κ3) is 2.29. The fourth-order valence-corrected chi connectivity index (χ4v) is 4.52. The first kappa shape index (κ1) is 12.8. The van der Waals surface area contributed by atoms with Crippen molar-refractivity contribution in [2.24, 2.45) is 0 Å². The van der Waals surface area contributed by atoms with Crippen molar-refractivity contribution in [1.82, 2.24) is 14.7 Å². The van der Waals surface area contributed by atoms with Crippen LogP contribution < -0.4 is 0 Å². The molecule has 2 aliphatic heterocycles. The molecule has 0 spiro atoms. The van der Waals surface area contributed by atoms with E-state index in [2.05, 4.69) is 21.8 Å². The van der Waals surface area contributed by atoms with E-state index in [1.807, 2.05) is 0 Å². The molecule has 4 nitrogen and oxygen atoms in total. The molecule has 4 heteroatoms. The van der Waals surface area contributed by atoms with Crippen molar-refractivity contribution in [2.45, 2.75) is 82.1 Å². The number of hydrogen-bond donors (Lipinski definition) is 1. The predicted octanol–water partition coefficient (Wildman–Crippen LogP) is 2.49. The van der Waals surface area contributed by atoms with Crippen molar-refractivity contribution in [3.63, 3.8) is 0 Å². The number of aliphatic hydroxyl groups is 1. The summed E-state index contributed by atoms with van der Waals surface area (Å²) < 4.78 is 2.20. The van der Waals surface area contributed by atoms with Gasteiger partial charge in [-0.05, 0) is 44.6 Å². The molecule has 0 aromatic carbocycles. The average Bonchev–Trinajstić information content (AvgIpc) is 3.12. The number of aliphatic hydroxyl groups excluding tert-OH is 1. The number of piperidine rings is 1. The van der Waals surface area contributed by atoms with Crippen LogP contribution in [0.15, 0.2) is 12.3 Å². The van der Waals surface area contributed by atoms with E-state index in [0.29, 0.717) is 18.1 Å². The molecule has 3 fully saturated rings. The Morgan fingerprint density at radius 2 is 1.75 bits per heavy atom. The SMILES string of the molecule is OC1CC2CCC(C1)N2Cc1ccn(C2CCCC2)n1. The zero-order valence-electron chi connectivity index (χ0n) is 12.1. The highest BCUT2D eigenvalue weighted by Crippen LogP contribution is 2.36. The van der Waals surface area contributed by atoms with Crippen LogP contribution in [0.25, 0.3) is 0 Å². The lowest BCUT2D eigenvalue weighted by atomic mass is 10.00. The quantitative estimate of drug-likeness (QED) is 0.921. The van der Waals surface area contributed by atoms with Crippen molar-refractivity contribution in [2.75, 3.05) is 0 Å². The van der Waals surface area contributed by atoms with Crippen LogP contribution in [0.3, 0.4) is 0 Å². The van der Waals surface area contributed by atoms with E-state index in [0.717, 1.165) is 19.4 Å². The average molecular weight is 275 g/mol. The Bertz CT molecular complexity index is 452. The lowest BCUT2D eigenvalue weighted by Gasteiger charge is -2.36. The van der Waals surface area contributed by atoms with Crippen molar-refractivity contribution in [3.05, 3.63) is 18.0 Å². The van der Waals surface area contributed by atoms with Crippen molar-refractivity contribution >= 4 is 0 Å². The summed E-state index contributed by atoms with van der Waals surface area (Å²) in [7, 11) is 0. The van der Waals surface area contributed by atoms with Gasteiger partial charge in [-0.2, -0.15) is 5.10 Å². The minimum absolute atomic E-state index is 0.0696. The second kappa shape index (κ2) is 5.15. The van der Waals surface area contributed by atoms with Crippen LogP contribution in [0.4, 0.5) is 0 Å². The molecule has 2 atom stereocenters. The lowest BCUT2D eigenvalue weighted by Crippen LogP contribution is -2.44. The Kier molecular flexibility index (Phi) is 3.31. The summed E-state index contributed by atoms with van der Waals surface area (Å²) in [5.74, 6) is 0. The molecule has 3 heterocycles. The predicted molar refractivity (Wildman–Crippen MR) is 77.3 cm³/mol. The van der Waals surface area contributed by atoms with Gasteiger partial charge in [-0.1, -0.05) is 12.8 Å². The van der Waals surface area contributed by atoms with Crippen LogP contribution in [-0.2, 0) is 6.54 Å². The maximum absolute atomic E-state index is 9.88. The molecule has 1 aromatic heterocycles. The zero-order valence-corrected chi connectivity index (χ0v) is 12.1. The first-order chi connectivity index (χ1) is 9.79. The van der Waals surface area contributed by atoms with Gasteiger partial charge in [0.2, 0.25) is 0 Å². The monoisotopic (exact) mass is 275 g/mol. The van der Waals surface area contributed by atoms with Crippen LogP contribution in [0.2, 0.25) is 0 Å². The fraction of sp³-hybridized carbons (Fsp3) is 0.812. The van der Waals surface area contributed by atoms with Crippen LogP contribution >= 0.6 is 0 Å². The highest BCUT2D eigenvalue weighted by atomic mass is 16.3. The molecule has 1 aromatic rings. The number of aromatic nitrogens is 2. The third-order valence-corrected chi connectivity index (χ3v) is 5.57. The third-order valence-electron chi connectivity index (χ3n) is 5.57. The minimum atomic E-state index is -0.0696. The van der Waals surface area contributed by atoms with E-state index in [4.69, 9.17) is 5.10 Å². The topological polar surface area (TPSA) is 41.3 Å². The van der Waals surface area contributed by atoms with E-state index < -0.39 is 0 Å². The Balaban J connectivity index is 1.44.